The predicted molar refractivity (Wildman–Crippen MR) is 63.2 cm³/mol. The molecule has 0 aliphatic heterocycles. The first-order valence-electron chi connectivity index (χ1n) is 5.49. The Balaban J connectivity index is 2.85. The second-order valence-corrected chi connectivity index (χ2v) is 3.58. The third kappa shape index (κ3) is 3.42. The van der Waals surface area contributed by atoms with Crippen LogP contribution in [0.15, 0.2) is 18.2 Å². The van der Waals surface area contributed by atoms with Gasteiger partial charge >= 0.3 is 0 Å². The van der Waals surface area contributed by atoms with Crippen LogP contribution in [0.4, 0.5) is 4.39 Å². The van der Waals surface area contributed by atoms with E-state index in [0.717, 1.165) is 0 Å². The van der Waals surface area contributed by atoms with Gasteiger partial charge in [0.25, 0.3) is 0 Å². The van der Waals surface area contributed by atoms with E-state index < -0.39 is 11.7 Å². The second-order valence-electron chi connectivity index (χ2n) is 3.58. The zero-order valence-electron chi connectivity index (χ0n) is 10.2. The van der Waals surface area contributed by atoms with Gasteiger partial charge in [0, 0.05) is 7.05 Å². The molecule has 1 atom stereocenters. The van der Waals surface area contributed by atoms with Gasteiger partial charge in [-0.15, -0.1) is 0 Å². The van der Waals surface area contributed by atoms with E-state index in [1.807, 2.05) is 0 Å². The van der Waals surface area contributed by atoms with Gasteiger partial charge in [0.1, 0.15) is 0 Å². The van der Waals surface area contributed by atoms with E-state index in [1.165, 1.54) is 12.1 Å². The van der Waals surface area contributed by atoms with Gasteiger partial charge in [-0.25, -0.2) is 9.82 Å². The first-order chi connectivity index (χ1) is 8.10. The molecular weight excluding hydrogens is 223 g/mol. The maximum Gasteiger partial charge on any atom is 0.241 e. The van der Waals surface area contributed by atoms with Crippen molar-refractivity contribution >= 4 is 5.91 Å². The SMILES string of the molecule is CCOc1ccc(C(C)C(=O)NNC)cc1F. The Kier molecular flexibility index (Phi) is 4.90. The highest BCUT2D eigenvalue weighted by atomic mass is 19.1. The van der Waals surface area contributed by atoms with Crippen LogP contribution in [-0.4, -0.2) is 19.6 Å². The molecule has 1 aromatic rings. The van der Waals surface area contributed by atoms with Crippen LogP contribution in [0.5, 0.6) is 5.75 Å². The molecule has 0 aliphatic carbocycles. The number of halogens is 1. The van der Waals surface area contributed by atoms with E-state index in [-0.39, 0.29) is 11.7 Å². The van der Waals surface area contributed by atoms with Gasteiger partial charge in [-0.3, -0.25) is 10.2 Å². The summed E-state index contributed by atoms with van der Waals surface area (Å²) in [7, 11) is 1.60. The molecule has 0 radical (unpaired) electrons. The van der Waals surface area contributed by atoms with Crippen molar-refractivity contribution in [3.63, 3.8) is 0 Å². The van der Waals surface area contributed by atoms with Gasteiger partial charge in [-0.1, -0.05) is 6.07 Å². The van der Waals surface area contributed by atoms with E-state index in [9.17, 15) is 9.18 Å². The highest BCUT2D eigenvalue weighted by Crippen LogP contribution is 2.23. The number of nitrogens with one attached hydrogen (secondary N) is 2. The normalized spacial score (nSPS) is 12.0. The fourth-order valence-corrected chi connectivity index (χ4v) is 1.44. The van der Waals surface area contributed by atoms with Crippen molar-refractivity contribution in [1.29, 1.82) is 0 Å². The molecule has 1 aromatic carbocycles. The van der Waals surface area contributed by atoms with E-state index in [2.05, 4.69) is 10.9 Å². The molecule has 1 unspecified atom stereocenters. The summed E-state index contributed by atoms with van der Waals surface area (Å²) in [5, 5.41) is 0. The highest BCUT2D eigenvalue weighted by molar-refractivity contribution is 5.82. The molecule has 4 nitrogen and oxygen atoms in total. The van der Waals surface area contributed by atoms with E-state index in [4.69, 9.17) is 4.74 Å². The average Bonchev–Trinajstić information content (AvgIpc) is 2.31. The summed E-state index contributed by atoms with van der Waals surface area (Å²) in [6.07, 6.45) is 0. The van der Waals surface area contributed by atoms with Crippen LogP contribution in [0.25, 0.3) is 0 Å². The lowest BCUT2D eigenvalue weighted by Gasteiger charge is -2.13. The Bertz CT molecular complexity index is 396. The molecule has 0 aliphatic rings. The minimum Gasteiger partial charge on any atom is -0.491 e. The monoisotopic (exact) mass is 240 g/mol. The highest BCUT2D eigenvalue weighted by Gasteiger charge is 2.16. The zero-order valence-corrected chi connectivity index (χ0v) is 10.2. The van der Waals surface area contributed by atoms with Crippen molar-refractivity contribution < 1.29 is 13.9 Å². The number of rotatable bonds is 5. The van der Waals surface area contributed by atoms with Gasteiger partial charge in [0.2, 0.25) is 5.91 Å². The number of carbonyl (C=O) groups is 1. The Hall–Kier alpha value is -1.62. The Morgan fingerprint density at radius 3 is 2.76 bits per heavy atom. The van der Waals surface area contributed by atoms with Crippen LogP contribution >= 0.6 is 0 Å². The van der Waals surface area contributed by atoms with Gasteiger partial charge < -0.3 is 4.74 Å². The molecule has 94 valence electrons. The smallest absolute Gasteiger partial charge is 0.241 e. The lowest BCUT2D eigenvalue weighted by molar-refractivity contribution is -0.123. The van der Waals surface area contributed by atoms with Crippen molar-refractivity contribution in [2.24, 2.45) is 0 Å². The average molecular weight is 240 g/mol. The third-order valence-corrected chi connectivity index (χ3v) is 2.40. The lowest BCUT2D eigenvalue weighted by atomic mass is 10.0. The van der Waals surface area contributed by atoms with Crippen LogP contribution in [0.3, 0.4) is 0 Å². The van der Waals surface area contributed by atoms with Crippen LogP contribution in [-0.2, 0) is 4.79 Å². The van der Waals surface area contributed by atoms with E-state index in [0.29, 0.717) is 12.2 Å². The van der Waals surface area contributed by atoms with E-state index in [1.54, 1.807) is 27.0 Å². The molecular formula is C12H17FN2O2. The van der Waals surface area contributed by atoms with Gasteiger partial charge in [0.15, 0.2) is 11.6 Å². The number of carbonyl (C=O) groups excluding carboxylic acids is 1. The number of hydrogen-bond donors (Lipinski definition) is 2. The summed E-state index contributed by atoms with van der Waals surface area (Å²) >= 11 is 0. The molecule has 1 amide bonds. The Labute approximate surface area is 100 Å². The zero-order chi connectivity index (χ0) is 12.8. The summed E-state index contributed by atoms with van der Waals surface area (Å²) in [4.78, 5) is 11.5. The van der Waals surface area contributed by atoms with Crippen LogP contribution in [0, 0.1) is 5.82 Å². The molecule has 0 bridgehead atoms. The lowest BCUT2D eigenvalue weighted by Crippen LogP contribution is -2.37. The first-order valence-corrected chi connectivity index (χ1v) is 5.49. The molecule has 0 heterocycles. The van der Waals surface area contributed by atoms with Crippen LogP contribution in [0.1, 0.15) is 25.3 Å². The van der Waals surface area contributed by atoms with Crippen molar-refractivity contribution in [3.8, 4) is 5.75 Å². The number of benzene rings is 1. The fraction of sp³-hybridized carbons (Fsp3) is 0.417. The summed E-state index contributed by atoms with van der Waals surface area (Å²) in [6.45, 7) is 3.91. The quantitative estimate of drug-likeness (QED) is 0.768. The number of hydrogen-bond acceptors (Lipinski definition) is 3. The van der Waals surface area contributed by atoms with E-state index >= 15 is 0 Å². The van der Waals surface area contributed by atoms with Gasteiger partial charge in [0.05, 0.1) is 12.5 Å². The summed E-state index contributed by atoms with van der Waals surface area (Å²) in [6, 6.07) is 4.55. The number of ether oxygens (including phenoxy) is 1. The van der Waals surface area contributed by atoms with Crippen molar-refractivity contribution in [3.05, 3.63) is 29.6 Å². The topological polar surface area (TPSA) is 50.4 Å². The standard InChI is InChI=1S/C12H17FN2O2/c1-4-17-11-6-5-9(7-10(11)13)8(2)12(16)15-14-3/h5-8,14H,4H2,1-3H3,(H,15,16). The molecule has 0 saturated heterocycles. The minimum absolute atomic E-state index is 0.206. The maximum atomic E-state index is 13.6. The molecule has 17 heavy (non-hydrogen) atoms. The molecule has 0 fully saturated rings. The molecule has 0 aromatic heterocycles. The first kappa shape index (κ1) is 13.4. The fourth-order valence-electron chi connectivity index (χ4n) is 1.44. The molecule has 0 spiro atoms. The van der Waals surface area contributed by atoms with Crippen molar-refractivity contribution in [2.75, 3.05) is 13.7 Å². The summed E-state index contributed by atoms with van der Waals surface area (Å²) in [5.41, 5.74) is 5.62. The van der Waals surface area contributed by atoms with Gasteiger partial charge in [-0.05, 0) is 31.5 Å². The van der Waals surface area contributed by atoms with Crippen molar-refractivity contribution in [2.45, 2.75) is 19.8 Å². The second kappa shape index (κ2) is 6.20. The largest absolute Gasteiger partial charge is 0.491 e. The third-order valence-electron chi connectivity index (χ3n) is 2.40. The molecule has 2 N–H and O–H groups in total. The summed E-state index contributed by atoms with van der Waals surface area (Å²) < 4.78 is 18.7. The van der Waals surface area contributed by atoms with Crippen LogP contribution in [0.2, 0.25) is 0 Å². The predicted octanol–water partition coefficient (Wildman–Crippen LogP) is 1.58. The maximum absolute atomic E-state index is 13.6. The molecule has 1 rings (SSSR count). The molecule has 5 heteroatoms. The Morgan fingerprint density at radius 2 is 2.24 bits per heavy atom. The number of amides is 1. The summed E-state index contributed by atoms with van der Waals surface area (Å²) in [5.74, 6) is -0.880. The van der Waals surface area contributed by atoms with Gasteiger partial charge in [-0.2, -0.15) is 0 Å². The van der Waals surface area contributed by atoms with Crippen molar-refractivity contribution in [1.82, 2.24) is 10.9 Å². The minimum atomic E-state index is -0.451. The van der Waals surface area contributed by atoms with Crippen LogP contribution < -0.4 is 15.6 Å². The molecule has 0 saturated carbocycles. The Morgan fingerprint density at radius 1 is 1.53 bits per heavy atom. The number of hydrazine groups is 1.